The molecular weight excluding hydrogens is 242 g/mol. The highest BCUT2D eigenvalue weighted by Gasteiger charge is 2.14. The van der Waals surface area contributed by atoms with Crippen molar-refractivity contribution in [3.63, 3.8) is 0 Å². The fourth-order valence-corrected chi connectivity index (χ4v) is 1.95. The van der Waals surface area contributed by atoms with E-state index in [1.807, 2.05) is 18.2 Å². The molecule has 100 valence electrons. The van der Waals surface area contributed by atoms with Crippen LogP contribution in [0, 0.1) is 0 Å². The van der Waals surface area contributed by atoms with Crippen molar-refractivity contribution in [1.29, 1.82) is 0 Å². The van der Waals surface area contributed by atoms with Crippen LogP contribution in [0.5, 0.6) is 0 Å². The molecule has 19 heavy (non-hydrogen) atoms. The first-order valence-corrected chi connectivity index (χ1v) is 6.25. The summed E-state index contributed by atoms with van der Waals surface area (Å²) in [5.41, 5.74) is 8.44. The number of nitrogen functional groups attached to an aromatic ring is 1. The van der Waals surface area contributed by atoms with Crippen LogP contribution in [0.3, 0.4) is 0 Å². The molecule has 6 nitrogen and oxygen atoms in total. The Morgan fingerprint density at radius 3 is 2.42 bits per heavy atom. The van der Waals surface area contributed by atoms with E-state index in [4.69, 9.17) is 5.73 Å². The molecule has 2 aromatic rings. The van der Waals surface area contributed by atoms with Gasteiger partial charge in [-0.15, -0.1) is 5.10 Å². The number of nitrogens with one attached hydrogen (secondary N) is 2. The fourth-order valence-electron chi connectivity index (χ4n) is 1.95. The van der Waals surface area contributed by atoms with E-state index in [9.17, 15) is 4.79 Å². The van der Waals surface area contributed by atoms with Crippen molar-refractivity contribution in [2.24, 2.45) is 0 Å². The standard InChI is InChI=1S/C13H17N5O/c1-3-8-6-5-7-9(4-2)10(8)15-12(19)11-16-13(14)18-17-11/h5-7H,3-4H2,1-2H3,(H,15,19)(H3,14,16,17,18). The normalized spacial score (nSPS) is 10.4. The first-order valence-electron chi connectivity index (χ1n) is 6.25. The SMILES string of the molecule is CCc1cccc(CC)c1NC(=O)c1nc(N)n[nH]1. The average molecular weight is 259 g/mol. The van der Waals surface area contributed by atoms with E-state index >= 15 is 0 Å². The van der Waals surface area contributed by atoms with Crippen LogP contribution in [0.1, 0.15) is 35.6 Å². The second-order valence-corrected chi connectivity index (χ2v) is 4.15. The molecule has 0 saturated heterocycles. The number of benzene rings is 1. The zero-order chi connectivity index (χ0) is 13.8. The highest BCUT2D eigenvalue weighted by atomic mass is 16.2. The van der Waals surface area contributed by atoms with E-state index in [1.54, 1.807) is 0 Å². The van der Waals surface area contributed by atoms with Crippen molar-refractivity contribution in [1.82, 2.24) is 15.2 Å². The van der Waals surface area contributed by atoms with E-state index in [2.05, 4.69) is 34.3 Å². The highest BCUT2D eigenvalue weighted by molar-refractivity contribution is 6.02. The number of aryl methyl sites for hydroxylation is 2. The molecule has 0 radical (unpaired) electrons. The number of carbonyl (C=O) groups excluding carboxylic acids is 1. The maximum Gasteiger partial charge on any atom is 0.293 e. The van der Waals surface area contributed by atoms with Gasteiger partial charge in [-0.25, -0.2) is 0 Å². The van der Waals surface area contributed by atoms with Gasteiger partial charge in [0, 0.05) is 5.69 Å². The summed E-state index contributed by atoms with van der Waals surface area (Å²) in [6.45, 7) is 4.10. The second-order valence-electron chi connectivity index (χ2n) is 4.15. The Balaban J connectivity index is 2.30. The summed E-state index contributed by atoms with van der Waals surface area (Å²) in [6, 6.07) is 6.01. The molecule has 0 aliphatic rings. The van der Waals surface area contributed by atoms with Crippen LogP contribution >= 0.6 is 0 Å². The Labute approximate surface area is 111 Å². The third kappa shape index (κ3) is 2.73. The van der Waals surface area contributed by atoms with Crippen LogP contribution in [-0.4, -0.2) is 21.1 Å². The van der Waals surface area contributed by atoms with Crippen LogP contribution in [0.2, 0.25) is 0 Å². The van der Waals surface area contributed by atoms with Crippen molar-refractivity contribution in [3.8, 4) is 0 Å². The van der Waals surface area contributed by atoms with Gasteiger partial charge in [-0.1, -0.05) is 32.0 Å². The maximum absolute atomic E-state index is 12.1. The minimum Gasteiger partial charge on any atom is -0.366 e. The van der Waals surface area contributed by atoms with Crippen molar-refractivity contribution in [3.05, 3.63) is 35.2 Å². The van der Waals surface area contributed by atoms with E-state index in [1.165, 1.54) is 0 Å². The number of rotatable bonds is 4. The number of carbonyl (C=O) groups is 1. The Morgan fingerprint density at radius 2 is 1.95 bits per heavy atom. The van der Waals surface area contributed by atoms with Gasteiger partial charge in [0.2, 0.25) is 11.8 Å². The molecule has 1 heterocycles. The van der Waals surface area contributed by atoms with Gasteiger partial charge < -0.3 is 11.1 Å². The molecule has 4 N–H and O–H groups in total. The minimum absolute atomic E-state index is 0.0599. The summed E-state index contributed by atoms with van der Waals surface area (Å²) in [5.74, 6) is -0.157. The third-order valence-corrected chi connectivity index (χ3v) is 2.96. The molecule has 0 fully saturated rings. The van der Waals surface area contributed by atoms with Crippen LogP contribution in [0.4, 0.5) is 11.6 Å². The number of nitrogens with zero attached hydrogens (tertiary/aromatic N) is 2. The number of anilines is 2. The molecule has 1 amide bonds. The van der Waals surface area contributed by atoms with E-state index in [0.717, 1.165) is 29.7 Å². The zero-order valence-electron chi connectivity index (χ0n) is 11.0. The quantitative estimate of drug-likeness (QED) is 0.779. The Hall–Kier alpha value is -2.37. The lowest BCUT2D eigenvalue weighted by Crippen LogP contribution is -2.16. The summed E-state index contributed by atoms with van der Waals surface area (Å²) in [5, 5.41) is 9.03. The first kappa shape index (κ1) is 13.1. The molecule has 0 saturated carbocycles. The van der Waals surface area contributed by atoms with E-state index < -0.39 is 0 Å². The van der Waals surface area contributed by atoms with Gasteiger partial charge >= 0.3 is 0 Å². The second kappa shape index (κ2) is 5.51. The lowest BCUT2D eigenvalue weighted by atomic mass is 10.0. The predicted molar refractivity (Wildman–Crippen MR) is 73.9 cm³/mol. The van der Waals surface area contributed by atoms with Crippen LogP contribution < -0.4 is 11.1 Å². The van der Waals surface area contributed by atoms with Crippen molar-refractivity contribution >= 4 is 17.5 Å². The molecule has 1 aromatic carbocycles. The summed E-state index contributed by atoms with van der Waals surface area (Å²) in [6.07, 6.45) is 1.70. The molecular formula is C13H17N5O. The highest BCUT2D eigenvalue weighted by Crippen LogP contribution is 2.22. The predicted octanol–water partition coefficient (Wildman–Crippen LogP) is 1.76. The third-order valence-electron chi connectivity index (χ3n) is 2.96. The topological polar surface area (TPSA) is 96.7 Å². The lowest BCUT2D eigenvalue weighted by molar-refractivity contribution is 0.101. The van der Waals surface area contributed by atoms with Crippen LogP contribution in [-0.2, 0) is 12.8 Å². The number of aromatic nitrogens is 3. The molecule has 6 heteroatoms. The summed E-state index contributed by atoms with van der Waals surface area (Å²) in [7, 11) is 0. The Kier molecular flexibility index (Phi) is 3.79. The molecule has 0 unspecified atom stereocenters. The van der Waals surface area contributed by atoms with Gasteiger partial charge in [-0.3, -0.25) is 9.89 Å². The molecule has 0 aliphatic carbocycles. The maximum atomic E-state index is 12.1. The molecule has 2 rings (SSSR count). The number of hydrogen-bond acceptors (Lipinski definition) is 4. The van der Waals surface area contributed by atoms with Crippen molar-refractivity contribution < 1.29 is 4.79 Å². The number of aromatic amines is 1. The molecule has 1 aromatic heterocycles. The number of para-hydroxylation sites is 1. The Morgan fingerprint density at radius 1 is 1.32 bits per heavy atom. The van der Waals surface area contributed by atoms with Crippen molar-refractivity contribution in [2.75, 3.05) is 11.1 Å². The van der Waals surface area contributed by atoms with Gasteiger partial charge in [0.25, 0.3) is 5.91 Å². The lowest BCUT2D eigenvalue weighted by Gasteiger charge is -2.13. The van der Waals surface area contributed by atoms with Gasteiger partial charge in [0.1, 0.15) is 0 Å². The summed E-state index contributed by atoms with van der Waals surface area (Å²) >= 11 is 0. The number of H-pyrrole nitrogens is 1. The monoisotopic (exact) mass is 259 g/mol. The average Bonchev–Trinajstić information content (AvgIpc) is 2.85. The summed E-state index contributed by atoms with van der Waals surface area (Å²) < 4.78 is 0. The largest absolute Gasteiger partial charge is 0.366 e. The molecule has 0 aliphatic heterocycles. The number of hydrogen-bond donors (Lipinski definition) is 3. The van der Waals surface area contributed by atoms with E-state index in [-0.39, 0.29) is 17.7 Å². The smallest absolute Gasteiger partial charge is 0.293 e. The van der Waals surface area contributed by atoms with Gasteiger partial charge in [0.15, 0.2) is 0 Å². The van der Waals surface area contributed by atoms with Gasteiger partial charge in [-0.05, 0) is 24.0 Å². The molecule has 0 spiro atoms. The zero-order valence-corrected chi connectivity index (χ0v) is 11.0. The van der Waals surface area contributed by atoms with Crippen molar-refractivity contribution in [2.45, 2.75) is 26.7 Å². The first-order chi connectivity index (χ1) is 9.15. The van der Waals surface area contributed by atoms with Gasteiger partial charge in [-0.2, -0.15) is 4.98 Å². The number of amides is 1. The van der Waals surface area contributed by atoms with E-state index in [0.29, 0.717) is 0 Å². The molecule has 0 atom stereocenters. The molecule has 0 bridgehead atoms. The van der Waals surface area contributed by atoms with Crippen LogP contribution in [0.25, 0.3) is 0 Å². The summed E-state index contributed by atoms with van der Waals surface area (Å²) in [4.78, 5) is 15.9. The minimum atomic E-state index is -0.334. The number of nitrogens with two attached hydrogens (primary N) is 1. The van der Waals surface area contributed by atoms with Crippen LogP contribution in [0.15, 0.2) is 18.2 Å². The fraction of sp³-hybridized carbons (Fsp3) is 0.308. The van der Waals surface area contributed by atoms with Gasteiger partial charge in [0.05, 0.1) is 0 Å². The Bertz CT molecular complexity index is 568.